The quantitative estimate of drug-likeness (QED) is 0.647. The Hall–Kier alpha value is -1.36. The molecule has 0 fully saturated rings. The number of hydrogen-bond donors (Lipinski definition) is 2. The minimum Gasteiger partial charge on any atom is -0.356 e. The SMILES string of the molecule is CCc1nc(NN)c(C)c(N(C)C(C)C(C)(C)C)n1. The second-order valence-electron chi connectivity index (χ2n) is 6.09. The molecule has 1 unspecified atom stereocenters. The zero-order valence-corrected chi connectivity index (χ0v) is 13.2. The molecule has 0 aliphatic carbocycles. The molecule has 0 aliphatic heterocycles. The van der Waals surface area contributed by atoms with E-state index in [1.165, 1.54) is 0 Å². The number of nitrogens with one attached hydrogen (secondary N) is 1. The number of aromatic nitrogens is 2. The number of nitrogen functional groups attached to an aromatic ring is 1. The Morgan fingerprint density at radius 3 is 2.32 bits per heavy atom. The van der Waals surface area contributed by atoms with Gasteiger partial charge in [-0.2, -0.15) is 0 Å². The molecular formula is C14H27N5. The Labute approximate surface area is 116 Å². The summed E-state index contributed by atoms with van der Waals surface area (Å²) in [4.78, 5) is 11.3. The smallest absolute Gasteiger partial charge is 0.148 e. The third kappa shape index (κ3) is 3.35. The molecule has 5 nitrogen and oxygen atoms in total. The first-order valence-corrected chi connectivity index (χ1v) is 6.79. The Morgan fingerprint density at radius 2 is 1.89 bits per heavy atom. The summed E-state index contributed by atoms with van der Waals surface area (Å²) in [5.41, 5.74) is 3.83. The number of hydrogen-bond acceptors (Lipinski definition) is 5. The number of aryl methyl sites for hydroxylation is 1. The minimum atomic E-state index is 0.175. The van der Waals surface area contributed by atoms with Crippen LogP contribution in [0.15, 0.2) is 0 Å². The zero-order valence-electron chi connectivity index (χ0n) is 13.2. The molecule has 0 radical (unpaired) electrons. The van der Waals surface area contributed by atoms with Gasteiger partial charge in [-0.25, -0.2) is 15.8 Å². The van der Waals surface area contributed by atoms with Crippen molar-refractivity contribution in [2.45, 2.75) is 54.0 Å². The fourth-order valence-electron chi connectivity index (χ4n) is 1.96. The van der Waals surface area contributed by atoms with Crippen LogP contribution in [0.3, 0.4) is 0 Å². The predicted molar refractivity (Wildman–Crippen MR) is 81.3 cm³/mol. The van der Waals surface area contributed by atoms with E-state index in [9.17, 15) is 0 Å². The van der Waals surface area contributed by atoms with Crippen LogP contribution in [0.25, 0.3) is 0 Å². The second-order valence-corrected chi connectivity index (χ2v) is 6.09. The molecule has 1 aromatic rings. The summed E-state index contributed by atoms with van der Waals surface area (Å²) >= 11 is 0. The minimum absolute atomic E-state index is 0.175. The van der Waals surface area contributed by atoms with Crippen molar-refractivity contribution in [3.05, 3.63) is 11.4 Å². The van der Waals surface area contributed by atoms with Gasteiger partial charge < -0.3 is 10.3 Å². The predicted octanol–water partition coefficient (Wildman–Crippen LogP) is 2.50. The molecule has 1 aromatic heterocycles. The summed E-state index contributed by atoms with van der Waals surface area (Å²) in [5.74, 6) is 8.00. The Bertz CT molecular complexity index is 436. The number of nitrogens with zero attached hydrogens (tertiary/aromatic N) is 3. The highest BCUT2D eigenvalue weighted by Gasteiger charge is 2.26. The lowest BCUT2D eigenvalue weighted by Crippen LogP contribution is -2.40. The summed E-state index contributed by atoms with van der Waals surface area (Å²) < 4.78 is 0. The van der Waals surface area contributed by atoms with Crippen molar-refractivity contribution in [2.24, 2.45) is 11.3 Å². The molecule has 1 heterocycles. The molecule has 3 N–H and O–H groups in total. The average Bonchev–Trinajstić information content (AvgIpc) is 2.36. The summed E-state index contributed by atoms with van der Waals surface area (Å²) in [7, 11) is 2.07. The first kappa shape index (κ1) is 15.7. The van der Waals surface area contributed by atoms with Crippen LogP contribution in [0.4, 0.5) is 11.6 Å². The molecule has 0 aliphatic rings. The summed E-state index contributed by atoms with van der Waals surface area (Å²) in [6, 6.07) is 0.358. The average molecular weight is 265 g/mol. The van der Waals surface area contributed by atoms with E-state index in [-0.39, 0.29) is 5.41 Å². The summed E-state index contributed by atoms with van der Waals surface area (Å²) in [5, 5.41) is 0. The van der Waals surface area contributed by atoms with Crippen molar-refractivity contribution < 1.29 is 0 Å². The third-order valence-electron chi connectivity index (χ3n) is 3.79. The van der Waals surface area contributed by atoms with Crippen molar-refractivity contribution in [3.63, 3.8) is 0 Å². The summed E-state index contributed by atoms with van der Waals surface area (Å²) in [6.45, 7) is 12.9. The van der Waals surface area contributed by atoms with Crippen LogP contribution in [0, 0.1) is 12.3 Å². The van der Waals surface area contributed by atoms with Gasteiger partial charge in [-0.1, -0.05) is 27.7 Å². The van der Waals surface area contributed by atoms with E-state index < -0.39 is 0 Å². The molecule has 0 saturated heterocycles. The zero-order chi connectivity index (χ0) is 14.8. The van der Waals surface area contributed by atoms with Crippen LogP contribution in [0.1, 0.15) is 46.0 Å². The summed E-state index contributed by atoms with van der Waals surface area (Å²) in [6.07, 6.45) is 0.791. The molecular weight excluding hydrogens is 238 g/mol. The Balaban J connectivity index is 3.25. The van der Waals surface area contributed by atoms with Crippen molar-refractivity contribution in [1.29, 1.82) is 0 Å². The van der Waals surface area contributed by atoms with Gasteiger partial charge in [0.05, 0.1) is 0 Å². The molecule has 0 bridgehead atoms. The van der Waals surface area contributed by atoms with Gasteiger partial charge in [0.25, 0.3) is 0 Å². The molecule has 0 spiro atoms. The molecule has 19 heavy (non-hydrogen) atoms. The fourth-order valence-corrected chi connectivity index (χ4v) is 1.96. The Kier molecular flexibility index (Phi) is 4.74. The monoisotopic (exact) mass is 265 g/mol. The lowest BCUT2D eigenvalue weighted by Gasteiger charge is -2.37. The fraction of sp³-hybridized carbons (Fsp3) is 0.714. The van der Waals surface area contributed by atoms with E-state index in [1.54, 1.807) is 0 Å². The van der Waals surface area contributed by atoms with Gasteiger partial charge in [0.1, 0.15) is 17.5 Å². The van der Waals surface area contributed by atoms with E-state index in [0.29, 0.717) is 11.9 Å². The number of rotatable bonds is 4. The van der Waals surface area contributed by atoms with Crippen molar-refractivity contribution in [1.82, 2.24) is 9.97 Å². The van der Waals surface area contributed by atoms with Crippen molar-refractivity contribution >= 4 is 11.6 Å². The largest absolute Gasteiger partial charge is 0.356 e. The van der Waals surface area contributed by atoms with E-state index in [4.69, 9.17) is 5.84 Å². The molecule has 1 atom stereocenters. The second kappa shape index (κ2) is 5.74. The van der Waals surface area contributed by atoms with Gasteiger partial charge >= 0.3 is 0 Å². The number of anilines is 2. The van der Waals surface area contributed by atoms with E-state index in [1.807, 2.05) is 13.8 Å². The normalized spacial score (nSPS) is 13.3. The standard InChI is InChI=1S/C14H27N5/c1-8-11-16-12(18-15)9(2)13(17-11)19(7)10(3)14(4,5)6/h10H,8,15H2,1-7H3,(H,16,17,18). The van der Waals surface area contributed by atoms with Gasteiger partial charge in [-0.05, 0) is 19.3 Å². The van der Waals surface area contributed by atoms with Crippen LogP contribution < -0.4 is 16.2 Å². The van der Waals surface area contributed by atoms with Gasteiger partial charge in [0.2, 0.25) is 0 Å². The maximum absolute atomic E-state index is 5.55. The number of hydrazine groups is 1. The molecule has 108 valence electrons. The Morgan fingerprint density at radius 1 is 1.32 bits per heavy atom. The maximum Gasteiger partial charge on any atom is 0.148 e. The molecule has 0 saturated carbocycles. The lowest BCUT2D eigenvalue weighted by molar-refractivity contribution is 0.328. The van der Waals surface area contributed by atoms with Gasteiger partial charge in [0, 0.05) is 25.1 Å². The van der Waals surface area contributed by atoms with E-state index >= 15 is 0 Å². The molecule has 1 rings (SSSR count). The third-order valence-corrected chi connectivity index (χ3v) is 3.79. The van der Waals surface area contributed by atoms with Gasteiger partial charge in [-0.15, -0.1) is 0 Å². The molecule has 5 heteroatoms. The molecule has 0 amide bonds. The first-order chi connectivity index (χ1) is 8.72. The first-order valence-electron chi connectivity index (χ1n) is 6.79. The molecule has 0 aromatic carbocycles. The van der Waals surface area contributed by atoms with Crippen LogP contribution in [0.2, 0.25) is 0 Å². The van der Waals surface area contributed by atoms with Crippen molar-refractivity contribution in [2.75, 3.05) is 17.4 Å². The van der Waals surface area contributed by atoms with Crippen LogP contribution >= 0.6 is 0 Å². The highest BCUT2D eigenvalue weighted by atomic mass is 15.3. The highest BCUT2D eigenvalue weighted by Crippen LogP contribution is 2.30. The van der Waals surface area contributed by atoms with Gasteiger partial charge in [0.15, 0.2) is 0 Å². The van der Waals surface area contributed by atoms with Crippen molar-refractivity contribution in [3.8, 4) is 0 Å². The van der Waals surface area contributed by atoms with Crippen LogP contribution in [-0.4, -0.2) is 23.1 Å². The van der Waals surface area contributed by atoms with Gasteiger partial charge in [-0.3, -0.25) is 0 Å². The topological polar surface area (TPSA) is 67.1 Å². The number of nitrogens with two attached hydrogens (primary N) is 1. The van der Waals surface area contributed by atoms with E-state index in [0.717, 1.165) is 23.6 Å². The van der Waals surface area contributed by atoms with Crippen LogP contribution in [0.5, 0.6) is 0 Å². The van der Waals surface area contributed by atoms with E-state index in [2.05, 4.69) is 55.0 Å². The lowest BCUT2D eigenvalue weighted by atomic mass is 9.87. The van der Waals surface area contributed by atoms with Crippen LogP contribution in [-0.2, 0) is 6.42 Å². The highest BCUT2D eigenvalue weighted by molar-refractivity contribution is 5.58. The maximum atomic E-state index is 5.55.